The molecule has 10 aromatic rings. The Hall–Kier alpha value is -8.21. The van der Waals surface area contributed by atoms with Crippen molar-refractivity contribution in [1.29, 1.82) is 0 Å². The van der Waals surface area contributed by atoms with E-state index < -0.39 is 5.41 Å². The summed E-state index contributed by atoms with van der Waals surface area (Å²) in [6.45, 7) is 4.25. The van der Waals surface area contributed by atoms with Gasteiger partial charge in [0.25, 0.3) is 0 Å². The molecule has 8 aromatic carbocycles. The number of aryl methyl sites for hydroxylation is 2. The predicted molar refractivity (Wildman–Crippen MR) is 259 cm³/mol. The van der Waals surface area contributed by atoms with Crippen LogP contribution in [0.3, 0.4) is 0 Å². The molecule has 0 saturated carbocycles. The van der Waals surface area contributed by atoms with E-state index in [9.17, 15) is 0 Å². The highest BCUT2D eigenvalue weighted by Gasteiger charge is 2.52. The number of rotatable bonds is 6. The number of hydrogen-bond donors (Lipinski definition) is 0. The maximum Gasteiger partial charge on any atom is 0.160 e. The van der Waals surface area contributed by atoms with Crippen molar-refractivity contribution in [3.63, 3.8) is 0 Å². The largest absolute Gasteiger partial charge is 0.457 e. The third kappa shape index (κ3) is 5.95. The second-order valence-corrected chi connectivity index (χ2v) is 16.8. The molecule has 64 heavy (non-hydrogen) atoms. The maximum atomic E-state index is 6.74. The van der Waals surface area contributed by atoms with Crippen LogP contribution in [0.15, 0.2) is 212 Å². The van der Waals surface area contributed by atoms with E-state index in [1.165, 1.54) is 33.4 Å². The fourth-order valence-electron chi connectivity index (χ4n) is 10.2. The van der Waals surface area contributed by atoms with E-state index in [2.05, 4.69) is 208 Å². The summed E-state index contributed by atoms with van der Waals surface area (Å²) in [5, 5.41) is 0. The molecule has 4 heteroatoms. The Balaban J connectivity index is 1.13. The minimum Gasteiger partial charge on any atom is -0.457 e. The summed E-state index contributed by atoms with van der Waals surface area (Å²) < 4.78 is 6.74. The van der Waals surface area contributed by atoms with Crippen LogP contribution >= 0.6 is 0 Å². The molecule has 1 aliphatic heterocycles. The van der Waals surface area contributed by atoms with Crippen molar-refractivity contribution in [2.24, 2.45) is 0 Å². The zero-order valence-corrected chi connectivity index (χ0v) is 35.5. The molecule has 12 rings (SSSR count). The molecule has 0 unspecified atom stereocenters. The van der Waals surface area contributed by atoms with E-state index in [0.717, 1.165) is 84.2 Å². The molecule has 3 heterocycles. The highest BCUT2D eigenvalue weighted by molar-refractivity contribution is 6.01. The van der Waals surface area contributed by atoms with Crippen molar-refractivity contribution < 1.29 is 4.74 Å². The van der Waals surface area contributed by atoms with Gasteiger partial charge in [-0.3, -0.25) is 4.98 Å². The number of para-hydroxylation sites is 2. The predicted octanol–water partition coefficient (Wildman–Crippen LogP) is 15.0. The van der Waals surface area contributed by atoms with Crippen LogP contribution in [-0.2, 0) is 5.41 Å². The van der Waals surface area contributed by atoms with Crippen LogP contribution in [0.4, 0.5) is 0 Å². The molecule has 2 aliphatic rings. The lowest BCUT2D eigenvalue weighted by Gasteiger charge is -2.39. The van der Waals surface area contributed by atoms with Crippen molar-refractivity contribution in [3.8, 4) is 89.9 Å². The fraction of sp³-hybridized carbons (Fsp3) is 0.0500. The molecule has 4 nitrogen and oxygen atoms in total. The Morgan fingerprint density at radius 2 is 0.906 bits per heavy atom. The van der Waals surface area contributed by atoms with Gasteiger partial charge in [-0.2, -0.15) is 0 Å². The molecule has 0 saturated heterocycles. The molecule has 0 bridgehead atoms. The molecular weight excluding hydrogens is 779 g/mol. The zero-order chi connectivity index (χ0) is 42.8. The van der Waals surface area contributed by atoms with Gasteiger partial charge >= 0.3 is 0 Å². The van der Waals surface area contributed by atoms with Gasteiger partial charge in [-0.25, -0.2) is 9.97 Å². The van der Waals surface area contributed by atoms with E-state index in [4.69, 9.17) is 19.7 Å². The van der Waals surface area contributed by atoms with Crippen molar-refractivity contribution in [1.82, 2.24) is 15.0 Å². The summed E-state index contributed by atoms with van der Waals surface area (Å²) in [7, 11) is 0. The van der Waals surface area contributed by atoms with Gasteiger partial charge in [-0.1, -0.05) is 170 Å². The molecule has 2 aromatic heterocycles. The summed E-state index contributed by atoms with van der Waals surface area (Å²) in [5.74, 6) is 2.38. The molecule has 0 atom stereocenters. The number of benzene rings is 8. The third-order valence-corrected chi connectivity index (χ3v) is 13.0. The summed E-state index contributed by atoms with van der Waals surface area (Å²) >= 11 is 0. The van der Waals surface area contributed by atoms with Crippen LogP contribution in [-0.4, -0.2) is 15.0 Å². The average Bonchev–Trinajstić information content (AvgIpc) is 3.64. The van der Waals surface area contributed by atoms with E-state index in [0.29, 0.717) is 5.82 Å². The van der Waals surface area contributed by atoms with Crippen LogP contribution in [0.5, 0.6) is 11.5 Å². The first-order chi connectivity index (χ1) is 31.5. The summed E-state index contributed by atoms with van der Waals surface area (Å²) in [6.07, 6.45) is 2.04. The molecule has 0 fully saturated rings. The van der Waals surface area contributed by atoms with Gasteiger partial charge in [0, 0.05) is 45.3 Å². The smallest absolute Gasteiger partial charge is 0.160 e. The van der Waals surface area contributed by atoms with Gasteiger partial charge in [0.1, 0.15) is 11.5 Å². The van der Waals surface area contributed by atoms with E-state index in [1.807, 2.05) is 18.3 Å². The highest BCUT2D eigenvalue weighted by Crippen LogP contribution is 2.64. The normalized spacial score (nSPS) is 12.8. The number of aromatic nitrogens is 3. The lowest BCUT2D eigenvalue weighted by atomic mass is 9.65. The molecule has 0 amide bonds. The minimum absolute atomic E-state index is 0.675. The Bertz CT molecular complexity index is 3390. The van der Waals surface area contributed by atoms with E-state index >= 15 is 0 Å². The first kappa shape index (κ1) is 37.5. The number of fused-ring (bicyclic) bond motifs is 9. The van der Waals surface area contributed by atoms with Crippen molar-refractivity contribution in [2.75, 3.05) is 0 Å². The van der Waals surface area contributed by atoms with Gasteiger partial charge in [-0.05, 0) is 106 Å². The monoisotopic (exact) mass is 819 g/mol. The molecule has 1 spiro atoms. The Kier molecular flexibility index (Phi) is 8.80. The molecule has 0 N–H and O–H groups in total. The first-order valence-corrected chi connectivity index (χ1v) is 21.8. The second-order valence-electron chi connectivity index (χ2n) is 16.8. The minimum atomic E-state index is -0.689. The van der Waals surface area contributed by atoms with Gasteiger partial charge in [0.2, 0.25) is 0 Å². The summed E-state index contributed by atoms with van der Waals surface area (Å²) in [5.41, 5.74) is 20.0. The van der Waals surface area contributed by atoms with Crippen LogP contribution in [0.1, 0.15) is 33.5 Å². The van der Waals surface area contributed by atoms with Gasteiger partial charge in [-0.15, -0.1) is 0 Å². The lowest BCUT2D eigenvalue weighted by Crippen LogP contribution is -2.32. The van der Waals surface area contributed by atoms with Crippen LogP contribution in [0, 0.1) is 13.8 Å². The second kappa shape index (κ2) is 15.0. The van der Waals surface area contributed by atoms with E-state index in [1.54, 1.807) is 0 Å². The molecular formula is C60H41N3O. The average molecular weight is 820 g/mol. The fourth-order valence-corrected chi connectivity index (χ4v) is 10.2. The topological polar surface area (TPSA) is 47.9 Å². The summed E-state index contributed by atoms with van der Waals surface area (Å²) in [4.78, 5) is 15.7. The van der Waals surface area contributed by atoms with Crippen molar-refractivity contribution in [2.45, 2.75) is 19.3 Å². The van der Waals surface area contributed by atoms with Gasteiger partial charge < -0.3 is 4.74 Å². The van der Waals surface area contributed by atoms with E-state index in [-0.39, 0.29) is 0 Å². The number of ether oxygens (including phenoxy) is 1. The Morgan fingerprint density at radius 3 is 1.58 bits per heavy atom. The Labute approximate surface area is 373 Å². The lowest BCUT2D eigenvalue weighted by molar-refractivity contribution is 0.436. The number of pyridine rings is 1. The summed E-state index contributed by atoms with van der Waals surface area (Å²) in [6, 6.07) is 73.3. The van der Waals surface area contributed by atoms with Crippen molar-refractivity contribution in [3.05, 3.63) is 246 Å². The number of hydrogen-bond acceptors (Lipinski definition) is 4. The third-order valence-electron chi connectivity index (χ3n) is 13.0. The molecule has 0 radical (unpaired) electrons. The molecule has 302 valence electrons. The van der Waals surface area contributed by atoms with Gasteiger partial charge in [0.05, 0.1) is 16.8 Å². The van der Waals surface area contributed by atoms with Crippen LogP contribution in [0.2, 0.25) is 0 Å². The SMILES string of the molecule is Cc1cc(-c2ccc(-c3ccccc3)cc2)nc(-c2cc(-c3ccccc3-c3cnc(-c4ccccc4)cc3C)c3c(c2)C2(c4ccccc4Oc4ccccc42)c2ccccc2-3)n1. The van der Waals surface area contributed by atoms with Crippen molar-refractivity contribution >= 4 is 0 Å². The number of nitrogens with zero attached hydrogens (tertiary/aromatic N) is 3. The molecule has 1 aliphatic carbocycles. The maximum absolute atomic E-state index is 6.74. The zero-order valence-electron chi connectivity index (χ0n) is 35.5. The standard InChI is InChI=1S/C60H41N3O/c1-38-33-54(42-19-7-4-8-20-42)61-37-49(38)46-22-10-9-21-45(46)48-35-44(59-62-39(2)34-55(63-59)43-31-29-41(30-32-43)40-17-5-3-6-18-40)36-53-58(48)47-23-11-12-24-50(47)60(53)51-25-13-15-27-56(51)64-57-28-16-14-26-52(57)60/h3-37H,1-2H3. The van der Waals surface area contributed by atoms with Crippen LogP contribution in [0.25, 0.3) is 78.4 Å². The first-order valence-electron chi connectivity index (χ1n) is 21.8. The Morgan fingerprint density at radius 1 is 0.375 bits per heavy atom. The van der Waals surface area contributed by atoms with Crippen LogP contribution < -0.4 is 4.74 Å². The highest BCUT2D eigenvalue weighted by atomic mass is 16.5. The quantitative estimate of drug-likeness (QED) is 0.168. The van der Waals surface area contributed by atoms with Gasteiger partial charge in [0.15, 0.2) is 5.82 Å².